The van der Waals surface area contributed by atoms with Gasteiger partial charge < -0.3 is 4.57 Å². The molecule has 2 aliphatic carbocycles. The zero-order valence-electron chi connectivity index (χ0n) is 24.7. The van der Waals surface area contributed by atoms with Gasteiger partial charge in [-0.3, -0.25) is 9.59 Å². The number of nitrogens with zero attached hydrogens (tertiary/aromatic N) is 6. The fourth-order valence-corrected chi connectivity index (χ4v) is 11.4. The van der Waals surface area contributed by atoms with Gasteiger partial charge in [0.25, 0.3) is 0 Å². The summed E-state index contributed by atoms with van der Waals surface area (Å²) >= 11 is 5.62. The van der Waals surface area contributed by atoms with Crippen molar-refractivity contribution in [2.75, 3.05) is 0 Å². The Hall–Kier alpha value is -4.18. The fraction of sp³-hybridized carbons (Fsp3) is 0.242. The van der Waals surface area contributed by atoms with E-state index in [4.69, 9.17) is 4.37 Å². The second-order valence-electron chi connectivity index (χ2n) is 12.5. The molecule has 48 heavy (non-hydrogen) atoms. The van der Waals surface area contributed by atoms with E-state index in [1.807, 2.05) is 0 Å². The Morgan fingerprint density at radius 2 is 1.56 bits per heavy atom. The van der Waals surface area contributed by atoms with Gasteiger partial charge in [0, 0.05) is 50.2 Å². The number of benzene rings is 3. The average molecular weight is 717 g/mol. The summed E-state index contributed by atoms with van der Waals surface area (Å²) in [6.07, 6.45) is -4.86. The summed E-state index contributed by atoms with van der Waals surface area (Å²) in [6.45, 7) is 0. The number of hydrogen-bond donors (Lipinski definition) is 0. The van der Waals surface area contributed by atoms with Gasteiger partial charge in [0.15, 0.2) is 0 Å². The smallest absolute Gasteiger partial charge is 0.342 e. The fourth-order valence-electron chi connectivity index (χ4n) is 7.69. The quantitative estimate of drug-likeness (QED) is 0.165. The Balaban J connectivity index is 1.13. The van der Waals surface area contributed by atoms with E-state index in [0.717, 1.165) is 55.7 Å². The Kier molecular flexibility index (Phi) is 5.96. The van der Waals surface area contributed by atoms with E-state index in [2.05, 4.69) is 66.1 Å². The molecule has 2 aliphatic rings. The molecule has 8 aromatic rings. The lowest BCUT2D eigenvalue weighted by Gasteiger charge is -2.31. The third kappa shape index (κ3) is 3.89. The number of carbonyl (C=O) groups excluding carboxylic acids is 2. The number of rotatable bonds is 2. The van der Waals surface area contributed by atoms with Crippen LogP contribution in [0.5, 0.6) is 0 Å². The minimum atomic E-state index is -4.41. The van der Waals surface area contributed by atoms with Crippen LogP contribution in [0.1, 0.15) is 19.3 Å². The van der Waals surface area contributed by atoms with Crippen molar-refractivity contribution in [2.45, 2.75) is 25.4 Å². The maximum Gasteiger partial charge on any atom is 0.391 e. The third-order valence-electron chi connectivity index (χ3n) is 9.99. The van der Waals surface area contributed by atoms with Crippen LogP contribution in [0.15, 0.2) is 47.5 Å². The zero-order valence-corrected chi connectivity index (χ0v) is 27.9. The first-order valence-electron chi connectivity index (χ1n) is 15.1. The highest BCUT2D eigenvalue weighted by atomic mass is 32.1. The highest BCUT2D eigenvalue weighted by molar-refractivity contribution is 7.32. The lowest BCUT2D eigenvalue weighted by Crippen LogP contribution is -2.34. The Labute approximate surface area is 284 Å². The average Bonchev–Trinajstić information content (AvgIpc) is 3.92. The first-order chi connectivity index (χ1) is 23.2. The molecule has 5 heterocycles. The predicted molar refractivity (Wildman–Crippen MR) is 186 cm³/mol. The van der Waals surface area contributed by atoms with Crippen molar-refractivity contribution >= 4 is 132 Å². The van der Waals surface area contributed by atoms with Gasteiger partial charge in [-0.05, 0) is 43.5 Å². The first kappa shape index (κ1) is 28.8. The molecule has 2 fully saturated rings. The third-order valence-corrected chi connectivity index (χ3v) is 13.5. The van der Waals surface area contributed by atoms with Crippen molar-refractivity contribution < 1.29 is 22.8 Å². The standard InChI is InChI=1S/C33H19F3N6O2S4/c1-42-20-11-22(46-31(20)32-28(42)14-4-2-3-5-21(14)45-32)18-9-15-16(23-25(18)40-47-38-23)10-19(27-24(15)39-48-41-27)37-26-13-7-6-12(33(34,35)36)8-17(13)29(43)30(26)44/h2-5,9-13,17H,6-8H2,1H3. The number of aliphatic imine (C=N–C) groups is 1. The van der Waals surface area contributed by atoms with Crippen LogP contribution in [0.2, 0.25) is 0 Å². The Morgan fingerprint density at radius 3 is 2.38 bits per heavy atom. The summed E-state index contributed by atoms with van der Waals surface area (Å²) in [5.74, 6) is -4.84. The van der Waals surface area contributed by atoms with Crippen LogP contribution in [-0.4, -0.2) is 45.5 Å². The van der Waals surface area contributed by atoms with Gasteiger partial charge in [-0.15, -0.1) is 22.7 Å². The molecule has 10 rings (SSSR count). The molecule has 3 aromatic carbocycles. The van der Waals surface area contributed by atoms with Crippen LogP contribution in [0, 0.1) is 17.8 Å². The molecule has 5 aromatic heterocycles. The molecular formula is C33H19F3N6O2S4. The molecule has 0 saturated heterocycles. The van der Waals surface area contributed by atoms with Gasteiger partial charge in [-0.2, -0.15) is 30.7 Å². The van der Waals surface area contributed by atoms with E-state index < -0.39 is 35.5 Å². The number of alkyl halides is 3. The molecule has 0 radical (unpaired) electrons. The van der Waals surface area contributed by atoms with E-state index in [1.165, 1.54) is 25.0 Å². The number of aryl methyl sites for hydroxylation is 1. The van der Waals surface area contributed by atoms with E-state index in [-0.39, 0.29) is 25.0 Å². The Morgan fingerprint density at radius 1 is 0.833 bits per heavy atom. The van der Waals surface area contributed by atoms with Crippen LogP contribution in [0.3, 0.4) is 0 Å². The second kappa shape index (κ2) is 9.94. The first-order valence-corrected chi connectivity index (χ1v) is 18.2. The number of Topliss-reactive ketones (excluding diaryl/α,β-unsaturated/α-hetero) is 2. The summed E-state index contributed by atoms with van der Waals surface area (Å²) in [6, 6.07) is 14.5. The van der Waals surface area contributed by atoms with Gasteiger partial charge in [0.05, 0.1) is 61.2 Å². The molecule has 0 N–H and O–H groups in total. The molecule has 0 amide bonds. The lowest BCUT2D eigenvalue weighted by atomic mass is 9.75. The highest BCUT2D eigenvalue weighted by Crippen LogP contribution is 2.49. The number of aromatic nitrogens is 5. The summed E-state index contributed by atoms with van der Waals surface area (Å²) < 4.78 is 65.0. The minimum Gasteiger partial charge on any atom is -0.342 e. The van der Waals surface area contributed by atoms with Crippen LogP contribution < -0.4 is 0 Å². The second-order valence-corrected chi connectivity index (χ2v) is 15.6. The number of carbonyl (C=O) groups is 2. The largest absolute Gasteiger partial charge is 0.391 e. The van der Waals surface area contributed by atoms with Crippen LogP contribution in [-0.2, 0) is 16.6 Å². The Bertz CT molecular complexity index is 2750. The monoisotopic (exact) mass is 716 g/mol. The molecule has 3 unspecified atom stereocenters. The molecule has 2 saturated carbocycles. The molecule has 0 aliphatic heterocycles. The van der Waals surface area contributed by atoms with Crippen molar-refractivity contribution in [1.29, 1.82) is 0 Å². The number of hydrogen-bond acceptors (Lipinski definition) is 11. The van der Waals surface area contributed by atoms with E-state index in [1.54, 1.807) is 28.7 Å². The number of ketones is 2. The summed E-state index contributed by atoms with van der Waals surface area (Å²) in [7, 11) is 2.10. The van der Waals surface area contributed by atoms with Crippen molar-refractivity contribution in [3.63, 3.8) is 0 Å². The van der Waals surface area contributed by atoms with E-state index in [0.29, 0.717) is 22.2 Å². The van der Waals surface area contributed by atoms with Crippen LogP contribution in [0.25, 0.3) is 73.8 Å². The molecule has 15 heteroatoms. The zero-order chi connectivity index (χ0) is 32.6. The van der Waals surface area contributed by atoms with Crippen molar-refractivity contribution in [1.82, 2.24) is 22.1 Å². The molecule has 0 spiro atoms. The number of halogens is 3. The van der Waals surface area contributed by atoms with Gasteiger partial charge in [0.1, 0.15) is 22.1 Å². The maximum absolute atomic E-state index is 13.5. The normalized spacial score (nSPS) is 21.4. The molecular weight excluding hydrogens is 698 g/mol. The molecule has 0 bridgehead atoms. The van der Waals surface area contributed by atoms with Crippen molar-refractivity contribution in [3.8, 4) is 10.4 Å². The maximum atomic E-state index is 13.5. The minimum absolute atomic E-state index is 0.0152. The lowest BCUT2D eigenvalue weighted by molar-refractivity contribution is -0.187. The van der Waals surface area contributed by atoms with Gasteiger partial charge in [-0.1, -0.05) is 18.2 Å². The molecule has 3 atom stereocenters. The van der Waals surface area contributed by atoms with Gasteiger partial charge in [0.2, 0.25) is 11.6 Å². The molecule has 238 valence electrons. The van der Waals surface area contributed by atoms with Crippen molar-refractivity contribution in [2.24, 2.45) is 29.8 Å². The number of fused-ring (bicyclic) bond motifs is 11. The van der Waals surface area contributed by atoms with E-state index >= 15 is 0 Å². The molecule has 8 nitrogen and oxygen atoms in total. The van der Waals surface area contributed by atoms with Crippen molar-refractivity contribution in [3.05, 3.63) is 42.5 Å². The topological polar surface area (TPSA) is 103 Å². The SMILES string of the molecule is Cn1c2cc(-c3cc4c(cc(N=C5C(=O)C(=O)C6CC(C(F)(F)F)CCC56)c5nsnc54)c4nsnc34)sc2c2sc3ccccc3c21. The highest BCUT2D eigenvalue weighted by Gasteiger charge is 2.54. The summed E-state index contributed by atoms with van der Waals surface area (Å²) in [4.78, 5) is 31.8. The van der Waals surface area contributed by atoms with Crippen LogP contribution in [0.4, 0.5) is 18.9 Å². The van der Waals surface area contributed by atoms with E-state index in [9.17, 15) is 22.8 Å². The predicted octanol–water partition coefficient (Wildman–Crippen LogP) is 9.26. The number of thiophene rings is 2. The summed E-state index contributed by atoms with van der Waals surface area (Å²) in [5.41, 5.74) is 6.09. The van der Waals surface area contributed by atoms with Gasteiger partial charge >= 0.3 is 6.18 Å². The summed E-state index contributed by atoms with van der Waals surface area (Å²) in [5, 5.41) is 2.77. The van der Waals surface area contributed by atoms with Gasteiger partial charge in [-0.25, -0.2) is 4.99 Å². The van der Waals surface area contributed by atoms with Crippen LogP contribution >= 0.6 is 46.1 Å².